The van der Waals surface area contributed by atoms with Crippen LogP contribution in [-0.4, -0.2) is 21.0 Å². The molecule has 5 nitrogen and oxygen atoms in total. The number of hydrogen-bond donors (Lipinski definition) is 1. The van der Waals surface area contributed by atoms with E-state index in [2.05, 4.69) is 9.97 Å². The van der Waals surface area contributed by atoms with Crippen molar-refractivity contribution in [2.45, 2.75) is 6.42 Å². The molecule has 2 heterocycles. The third-order valence-corrected chi connectivity index (χ3v) is 2.99. The Morgan fingerprint density at radius 3 is 2.84 bits per heavy atom. The van der Waals surface area contributed by atoms with Gasteiger partial charge in [-0.15, -0.1) is 0 Å². The largest absolute Gasteiger partial charge is 0.478 e. The van der Waals surface area contributed by atoms with E-state index in [1.54, 1.807) is 29.7 Å². The standard InChI is InChI=1S/C14H11N3O2/c18-14(19)11-7-10-3-1-2-4-12(10)17(9-11)13-8-15-5-6-16-13/h1-6,8-9H,7H2,(H,18,19). The van der Waals surface area contributed by atoms with Crippen LogP contribution in [0.2, 0.25) is 0 Å². The van der Waals surface area contributed by atoms with E-state index in [1.165, 1.54) is 0 Å². The number of carboxylic acid groups (broad SMARTS) is 1. The second kappa shape index (κ2) is 4.53. The molecule has 94 valence electrons. The second-order valence-electron chi connectivity index (χ2n) is 4.20. The fraction of sp³-hybridized carbons (Fsp3) is 0.0714. The molecule has 1 aromatic heterocycles. The first-order valence-corrected chi connectivity index (χ1v) is 5.83. The van der Waals surface area contributed by atoms with E-state index in [0.717, 1.165) is 11.3 Å². The van der Waals surface area contributed by atoms with Crippen molar-refractivity contribution in [2.24, 2.45) is 0 Å². The van der Waals surface area contributed by atoms with Gasteiger partial charge in [-0.1, -0.05) is 18.2 Å². The number of hydrogen-bond acceptors (Lipinski definition) is 4. The van der Waals surface area contributed by atoms with Crippen molar-refractivity contribution in [3.63, 3.8) is 0 Å². The van der Waals surface area contributed by atoms with E-state index in [-0.39, 0.29) is 0 Å². The highest BCUT2D eigenvalue weighted by Gasteiger charge is 2.22. The maximum Gasteiger partial charge on any atom is 0.333 e. The molecule has 0 aliphatic carbocycles. The zero-order valence-electron chi connectivity index (χ0n) is 10.0. The van der Waals surface area contributed by atoms with Crippen LogP contribution in [0.5, 0.6) is 0 Å². The normalized spacial score (nSPS) is 13.7. The van der Waals surface area contributed by atoms with Gasteiger partial charge in [0.1, 0.15) is 0 Å². The van der Waals surface area contributed by atoms with Crippen molar-refractivity contribution in [1.82, 2.24) is 9.97 Å². The van der Waals surface area contributed by atoms with Crippen molar-refractivity contribution in [3.05, 3.63) is 60.2 Å². The van der Waals surface area contributed by atoms with Gasteiger partial charge in [0.05, 0.1) is 17.5 Å². The van der Waals surface area contributed by atoms with E-state index in [0.29, 0.717) is 17.8 Å². The predicted molar refractivity (Wildman–Crippen MR) is 70.0 cm³/mol. The third-order valence-electron chi connectivity index (χ3n) is 2.99. The Morgan fingerprint density at radius 1 is 1.26 bits per heavy atom. The molecule has 19 heavy (non-hydrogen) atoms. The molecule has 0 amide bonds. The molecular weight excluding hydrogens is 242 g/mol. The smallest absolute Gasteiger partial charge is 0.333 e. The molecule has 1 aliphatic heterocycles. The van der Waals surface area contributed by atoms with Gasteiger partial charge >= 0.3 is 5.97 Å². The van der Waals surface area contributed by atoms with Crippen LogP contribution in [0.1, 0.15) is 5.56 Å². The summed E-state index contributed by atoms with van der Waals surface area (Å²) in [7, 11) is 0. The van der Waals surface area contributed by atoms with Gasteiger partial charge in [0.2, 0.25) is 0 Å². The molecule has 1 aromatic carbocycles. The van der Waals surface area contributed by atoms with Gasteiger partial charge in [-0.05, 0) is 11.6 Å². The minimum absolute atomic E-state index is 0.337. The van der Waals surface area contributed by atoms with E-state index < -0.39 is 5.97 Å². The topological polar surface area (TPSA) is 66.3 Å². The monoisotopic (exact) mass is 253 g/mol. The number of aliphatic carboxylic acids is 1. The van der Waals surface area contributed by atoms with Crippen LogP contribution in [0, 0.1) is 0 Å². The SMILES string of the molecule is O=C(O)C1=CN(c2cnccn2)c2ccccc2C1. The van der Waals surface area contributed by atoms with Crippen LogP contribution < -0.4 is 4.90 Å². The van der Waals surface area contributed by atoms with Crippen LogP contribution in [0.25, 0.3) is 0 Å². The highest BCUT2D eigenvalue weighted by atomic mass is 16.4. The van der Waals surface area contributed by atoms with Gasteiger partial charge in [0, 0.05) is 25.0 Å². The first kappa shape index (κ1) is 11.4. The number of benzene rings is 1. The quantitative estimate of drug-likeness (QED) is 0.888. The Bertz CT molecular complexity index is 653. The Balaban J connectivity index is 2.13. The zero-order valence-corrected chi connectivity index (χ0v) is 10.0. The van der Waals surface area contributed by atoms with Crippen LogP contribution in [0.4, 0.5) is 11.5 Å². The molecular formula is C14H11N3O2. The minimum Gasteiger partial charge on any atom is -0.478 e. The van der Waals surface area contributed by atoms with E-state index in [9.17, 15) is 9.90 Å². The van der Waals surface area contributed by atoms with Crippen LogP contribution in [0.3, 0.4) is 0 Å². The number of nitrogens with zero attached hydrogens (tertiary/aromatic N) is 3. The summed E-state index contributed by atoms with van der Waals surface area (Å²) in [6.07, 6.45) is 6.80. The van der Waals surface area contributed by atoms with Crippen LogP contribution >= 0.6 is 0 Å². The van der Waals surface area contributed by atoms with E-state index in [1.807, 2.05) is 24.3 Å². The van der Waals surface area contributed by atoms with Crippen molar-refractivity contribution in [2.75, 3.05) is 4.90 Å². The molecule has 2 aromatic rings. The number of rotatable bonds is 2. The number of carboxylic acids is 1. The Morgan fingerprint density at radius 2 is 2.11 bits per heavy atom. The fourth-order valence-electron chi connectivity index (χ4n) is 2.11. The molecule has 1 N–H and O–H groups in total. The Labute approximate surface area is 109 Å². The lowest BCUT2D eigenvalue weighted by Crippen LogP contribution is -2.21. The summed E-state index contributed by atoms with van der Waals surface area (Å²) in [5.41, 5.74) is 2.24. The lowest BCUT2D eigenvalue weighted by atomic mass is 10.00. The zero-order chi connectivity index (χ0) is 13.2. The van der Waals surface area contributed by atoms with Gasteiger partial charge in [-0.25, -0.2) is 9.78 Å². The van der Waals surface area contributed by atoms with Gasteiger partial charge in [-0.3, -0.25) is 9.88 Å². The molecule has 0 bridgehead atoms. The molecule has 0 radical (unpaired) electrons. The number of aromatic nitrogens is 2. The lowest BCUT2D eigenvalue weighted by Gasteiger charge is -2.27. The highest BCUT2D eigenvalue weighted by molar-refractivity contribution is 5.90. The van der Waals surface area contributed by atoms with Gasteiger partial charge in [-0.2, -0.15) is 0 Å². The third kappa shape index (κ3) is 2.06. The van der Waals surface area contributed by atoms with Crippen LogP contribution in [-0.2, 0) is 11.2 Å². The molecule has 3 rings (SSSR count). The summed E-state index contributed by atoms with van der Waals surface area (Å²) in [5, 5.41) is 9.20. The summed E-state index contributed by atoms with van der Waals surface area (Å²) >= 11 is 0. The Kier molecular flexibility index (Phi) is 2.72. The maximum atomic E-state index is 11.2. The molecule has 0 unspecified atom stereocenters. The summed E-state index contributed by atoms with van der Waals surface area (Å²) in [6, 6.07) is 7.69. The molecule has 5 heteroatoms. The van der Waals surface area contributed by atoms with E-state index >= 15 is 0 Å². The van der Waals surface area contributed by atoms with Gasteiger partial charge in [0.15, 0.2) is 5.82 Å². The van der Waals surface area contributed by atoms with E-state index in [4.69, 9.17) is 0 Å². The average Bonchev–Trinajstić information content (AvgIpc) is 2.47. The summed E-state index contributed by atoms with van der Waals surface area (Å²) in [6.45, 7) is 0. The number of anilines is 2. The first-order valence-electron chi connectivity index (χ1n) is 5.83. The molecule has 0 saturated heterocycles. The number of para-hydroxylation sites is 1. The highest BCUT2D eigenvalue weighted by Crippen LogP contribution is 2.33. The van der Waals surface area contributed by atoms with Crippen molar-refractivity contribution in [1.29, 1.82) is 0 Å². The minimum atomic E-state index is -0.914. The second-order valence-corrected chi connectivity index (χ2v) is 4.20. The average molecular weight is 253 g/mol. The van der Waals surface area contributed by atoms with Crippen molar-refractivity contribution in [3.8, 4) is 0 Å². The fourth-order valence-corrected chi connectivity index (χ4v) is 2.11. The molecule has 0 spiro atoms. The molecule has 0 fully saturated rings. The summed E-state index contributed by atoms with van der Waals surface area (Å²) in [5.74, 6) is -0.309. The Hall–Kier alpha value is -2.69. The van der Waals surface area contributed by atoms with Crippen molar-refractivity contribution >= 4 is 17.5 Å². The molecule has 1 aliphatic rings. The molecule has 0 saturated carbocycles. The summed E-state index contributed by atoms with van der Waals surface area (Å²) < 4.78 is 0. The van der Waals surface area contributed by atoms with Gasteiger partial charge < -0.3 is 5.11 Å². The van der Waals surface area contributed by atoms with Crippen LogP contribution in [0.15, 0.2) is 54.6 Å². The summed E-state index contributed by atoms with van der Waals surface area (Å²) in [4.78, 5) is 21.2. The lowest BCUT2D eigenvalue weighted by molar-refractivity contribution is -0.132. The number of carbonyl (C=O) groups is 1. The van der Waals surface area contributed by atoms with Gasteiger partial charge in [0.25, 0.3) is 0 Å². The van der Waals surface area contributed by atoms with Crippen molar-refractivity contribution < 1.29 is 9.90 Å². The maximum absolute atomic E-state index is 11.2. The molecule has 0 atom stereocenters. The predicted octanol–water partition coefficient (Wildman–Crippen LogP) is 2.14. The first-order chi connectivity index (χ1) is 9.25. The number of fused-ring (bicyclic) bond motifs is 1.